The molecule has 1 aromatic carbocycles. The second-order valence-corrected chi connectivity index (χ2v) is 9.70. The van der Waals surface area contributed by atoms with Crippen molar-refractivity contribution in [3.63, 3.8) is 0 Å². The molecule has 1 fully saturated rings. The Morgan fingerprint density at radius 2 is 1.97 bits per heavy atom. The van der Waals surface area contributed by atoms with E-state index in [1.54, 1.807) is 29.1 Å². The predicted molar refractivity (Wildman–Crippen MR) is 123 cm³/mol. The lowest BCUT2D eigenvalue weighted by molar-refractivity contribution is 0.0173. The fourth-order valence-corrected chi connectivity index (χ4v) is 5.31. The number of nitrogens with zero attached hydrogens (tertiary/aromatic N) is 3. The van der Waals surface area contributed by atoms with E-state index in [1.165, 1.54) is 0 Å². The third kappa shape index (κ3) is 4.19. The monoisotopic (exact) mass is 437 g/mol. The normalized spacial score (nSPS) is 19.0. The van der Waals surface area contributed by atoms with E-state index in [9.17, 15) is 9.59 Å². The number of rotatable bonds is 4. The van der Waals surface area contributed by atoms with Crippen molar-refractivity contribution in [3.05, 3.63) is 66.1 Å². The largest absolute Gasteiger partial charge is 0.444 e. The Labute approximate surface area is 186 Å². The highest BCUT2D eigenvalue weighted by Gasteiger charge is 2.45. The highest BCUT2D eigenvalue weighted by atomic mass is 32.2. The molecule has 31 heavy (non-hydrogen) atoms. The number of amides is 1. The van der Waals surface area contributed by atoms with Gasteiger partial charge in [0.2, 0.25) is 0 Å². The van der Waals surface area contributed by atoms with Crippen molar-refractivity contribution in [1.82, 2.24) is 14.5 Å². The maximum absolute atomic E-state index is 13.8. The van der Waals surface area contributed by atoms with Crippen LogP contribution in [0.25, 0.3) is 10.9 Å². The molecule has 6 nitrogen and oxygen atoms in total. The van der Waals surface area contributed by atoms with Crippen LogP contribution in [0.5, 0.6) is 0 Å². The Morgan fingerprint density at radius 1 is 1.19 bits per heavy atom. The summed E-state index contributed by atoms with van der Waals surface area (Å²) in [6, 6.07) is 11.1. The van der Waals surface area contributed by atoms with Crippen molar-refractivity contribution in [3.8, 4) is 0 Å². The van der Waals surface area contributed by atoms with Crippen molar-refractivity contribution in [1.29, 1.82) is 0 Å². The first-order valence-corrected chi connectivity index (χ1v) is 11.5. The summed E-state index contributed by atoms with van der Waals surface area (Å²) in [5, 5.41) is 0.588. The van der Waals surface area contributed by atoms with Crippen molar-refractivity contribution < 1.29 is 14.3 Å². The minimum atomic E-state index is -0.657. The molecule has 3 heterocycles. The molecule has 7 heteroatoms. The van der Waals surface area contributed by atoms with Crippen LogP contribution in [-0.4, -0.2) is 43.7 Å². The van der Waals surface area contributed by atoms with Crippen LogP contribution in [-0.2, 0) is 11.3 Å². The number of hydrogen-bond donors (Lipinski definition) is 0. The van der Waals surface area contributed by atoms with Crippen molar-refractivity contribution in [2.75, 3.05) is 5.75 Å². The number of carbonyl (C=O) groups excluding carboxylic acids is 2. The van der Waals surface area contributed by atoms with Crippen LogP contribution >= 0.6 is 11.8 Å². The lowest BCUT2D eigenvalue weighted by atomic mass is 10.0. The molecule has 4 rings (SSSR count). The summed E-state index contributed by atoms with van der Waals surface area (Å²) in [4.78, 5) is 32.8. The Morgan fingerprint density at radius 3 is 2.65 bits per heavy atom. The van der Waals surface area contributed by atoms with Gasteiger partial charge in [-0.2, -0.15) is 0 Å². The number of aromatic nitrogens is 2. The fourth-order valence-electron chi connectivity index (χ4n) is 3.91. The molecule has 0 bridgehead atoms. The molecule has 1 saturated heterocycles. The molecule has 2 atom stereocenters. The van der Waals surface area contributed by atoms with Gasteiger partial charge < -0.3 is 9.30 Å². The quantitative estimate of drug-likeness (QED) is 0.519. The number of benzene rings is 1. The average molecular weight is 438 g/mol. The Hall–Kier alpha value is -2.80. The van der Waals surface area contributed by atoms with Crippen LogP contribution in [0.4, 0.5) is 4.79 Å². The van der Waals surface area contributed by atoms with Crippen molar-refractivity contribution in [2.45, 2.75) is 51.3 Å². The summed E-state index contributed by atoms with van der Waals surface area (Å²) >= 11 is 1.56. The number of carbonyl (C=O) groups is 2. The summed E-state index contributed by atoms with van der Waals surface area (Å²) in [5.41, 5.74) is 1.88. The molecular weight excluding hydrogens is 410 g/mol. The first-order chi connectivity index (χ1) is 14.8. The number of thioether (sulfide) groups is 1. The molecule has 0 radical (unpaired) electrons. The molecule has 0 N–H and O–H groups in total. The number of ketones is 1. The number of pyridine rings is 1. The Bertz CT molecular complexity index is 1100. The molecule has 0 spiro atoms. The molecule has 1 unspecified atom stereocenters. The topological polar surface area (TPSA) is 64.4 Å². The minimum Gasteiger partial charge on any atom is -0.444 e. The number of hydrogen-bond acceptors (Lipinski definition) is 5. The third-order valence-corrected chi connectivity index (χ3v) is 6.59. The third-order valence-electron chi connectivity index (χ3n) is 5.27. The number of aryl methyl sites for hydroxylation is 1. The SMILES string of the molecule is CCn1cc(C(=O)[C@@H]2CSC(c3cccnc3)N2C(=O)OC(C)(C)C)c2ccccc21. The summed E-state index contributed by atoms with van der Waals surface area (Å²) in [6.45, 7) is 8.32. The van der Waals surface area contributed by atoms with E-state index in [4.69, 9.17) is 4.74 Å². The van der Waals surface area contributed by atoms with Crippen LogP contribution in [0.1, 0.15) is 49.0 Å². The van der Waals surface area contributed by atoms with E-state index < -0.39 is 17.7 Å². The summed E-state index contributed by atoms with van der Waals surface area (Å²) in [5.74, 6) is 0.441. The van der Waals surface area contributed by atoms with Crippen LogP contribution in [0, 0.1) is 0 Å². The molecule has 2 aromatic heterocycles. The second-order valence-electron chi connectivity index (χ2n) is 8.59. The van der Waals surface area contributed by atoms with Gasteiger partial charge in [-0.05, 0) is 39.8 Å². The molecular formula is C24H27N3O3S. The lowest BCUT2D eigenvalue weighted by Gasteiger charge is -2.31. The molecule has 3 aromatic rings. The molecule has 1 amide bonds. The fraction of sp³-hybridized carbons (Fsp3) is 0.375. The van der Waals surface area contributed by atoms with Crippen LogP contribution < -0.4 is 0 Å². The van der Waals surface area contributed by atoms with Gasteiger partial charge in [-0.25, -0.2) is 4.79 Å². The van der Waals surface area contributed by atoms with E-state index in [-0.39, 0.29) is 11.2 Å². The maximum Gasteiger partial charge on any atom is 0.412 e. The van der Waals surface area contributed by atoms with Gasteiger partial charge in [0, 0.05) is 52.9 Å². The van der Waals surface area contributed by atoms with E-state index in [2.05, 4.69) is 16.5 Å². The van der Waals surface area contributed by atoms with Gasteiger partial charge in [0.15, 0.2) is 5.78 Å². The molecule has 1 aliphatic heterocycles. The zero-order chi connectivity index (χ0) is 22.2. The van der Waals surface area contributed by atoms with Gasteiger partial charge in [0.25, 0.3) is 0 Å². The summed E-state index contributed by atoms with van der Waals surface area (Å²) in [7, 11) is 0. The van der Waals surface area contributed by atoms with Crippen LogP contribution in [0.15, 0.2) is 55.0 Å². The van der Waals surface area contributed by atoms with Gasteiger partial charge in [-0.1, -0.05) is 24.3 Å². The van der Waals surface area contributed by atoms with Crippen molar-refractivity contribution >= 4 is 34.5 Å². The number of fused-ring (bicyclic) bond motifs is 1. The predicted octanol–water partition coefficient (Wildman–Crippen LogP) is 5.29. The number of ether oxygens (including phenoxy) is 1. The Kier molecular flexibility index (Phi) is 5.79. The van der Waals surface area contributed by atoms with Gasteiger partial charge in [-0.15, -0.1) is 11.8 Å². The van der Waals surface area contributed by atoms with Gasteiger partial charge in [0.1, 0.15) is 17.0 Å². The molecule has 0 aliphatic carbocycles. The maximum atomic E-state index is 13.8. The van der Waals surface area contributed by atoms with Gasteiger partial charge >= 0.3 is 6.09 Å². The highest BCUT2D eigenvalue weighted by Crippen LogP contribution is 2.43. The van der Waals surface area contributed by atoms with Crippen molar-refractivity contribution in [2.24, 2.45) is 0 Å². The van der Waals surface area contributed by atoms with E-state index in [1.807, 2.05) is 63.4 Å². The summed E-state index contributed by atoms with van der Waals surface area (Å²) in [6.07, 6.45) is 4.86. The zero-order valence-corrected chi connectivity index (χ0v) is 19.1. The highest BCUT2D eigenvalue weighted by molar-refractivity contribution is 7.99. The number of para-hydroxylation sites is 1. The van der Waals surface area contributed by atoms with E-state index in [0.29, 0.717) is 11.3 Å². The van der Waals surface area contributed by atoms with E-state index in [0.717, 1.165) is 23.0 Å². The molecule has 162 valence electrons. The standard InChI is InChI=1S/C24H27N3O3S/c1-5-26-14-18(17-10-6-7-11-19(17)26)21(28)20-15-31-22(16-9-8-12-25-13-16)27(20)23(29)30-24(2,3)4/h6-14,20,22H,5,15H2,1-4H3/t20-,22?/m0/s1. The smallest absolute Gasteiger partial charge is 0.412 e. The van der Waals surface area contributed by atoms with Gasteiger partial charge in [0.05, 0.1) is 0 Å². The second kappa shape index (κ2) is 8.38. The average Bonchev–Trinajstić information content (AvgIpc) is 3.35. The first-order valence-electron chi connectivity index (χ1n) is 10.4. The molecule has 0 saturated carbocycles. The zero-order valence-electron chi connectivity index (χ0n) is 18.2. The Balaban J connectivity index is 1.74. The molecule has 1 aliphatic rings. The van der Waals surface area contributed by atoms with Crippen LogP contribution in [0.2, 0.25) is 0 Å². The lowest BCUT2D eigenvalue weighted by Crippen LogP contribution is -2.45. The first kappa shape index (κ1) is 21.4. The number of Topliss-reactive ketones (excluding diaryl/α,β-unsaturated/α-hetero) is 1. The van der Waals surface area contributed by atoms with Crippen LogP contribution in [0.3, 0.4) is 0 Å². The van der Waals surface area contributed by atoms with Gasteiger partial charge in [-0.3, -0.25) is 14.7 Å². The minimum absolute atomic E-state index is 0.0619. The summed E-state index contributed by atoms with van der Waals surface area (Å²) < 4.78 is 7.77. The van der Waals surface area contributed by atoms with E-state index >= 15 is 0 Å².